The minimum Gasteiger partial charge on any atom is -0.493 e. The van der Waals surface area contributed by atoms with Crippen molar-refractivity contribution in [2.24, 2.45) is 0 Å². The Morgan fingerprint density at radius 2 is 1.94 bits per heavy atom. The predicted octanol–water partition coefficient (Wildman–Crippen LogP) is 4.15. The first kappa shape index (κ1) is 24.7. The number of thioether (sulfide) groups is 1. The molecule has 0 saturated carbocycles. The van der Waals surface area contributed by atoms with Crippen LogP contribution in [0.3, 0.4) is 0 Å². The third-order valence-corrected chi connectivity index (χ3v) is 6.30. The largest absolute Gasteiger partial charge is 0.493 e. The Bertz CT molecular complexity index is 1120. The summed E-state index contributed by atoms with van der Waals surface area (Å²) in [5, 5.41) is 11.6. The number of nitrogens with zero attached hydrogens (tertiary/aromatic N) is 1. The smallest absolute Gasteiger partial charge is 0.305 e. The number of anilines is 1. The lowest BCUT2D eigenvalue weighted by atomic mass is 10.2. The van der Waals surface area contributed by atoms with Gasteiger partial charge >= 0.3 is 5.97 Å². The molecule has 8 nitrogen and oxygen atoms in total. The van der Waals surface area contributed by atoms with Crippen molar-refractivity contribution in [1.82, 2.24) is 4.90 Å². The van der Waals surface area contributed by atoms with Crippen molar-refractivity contribution in [3.05, 3.63) is 57.4 Å². The highest BCUT2D eigenvalue weighted by atomic mass is 79.9. The van der Waals surface area contributed by atoms with Crippen LogP contribution in [0.2, 0.25) is 0 Å². The number of rotatable bonds is 9. The van der Waals surface area contributed by atoms with E-state index < -0.39 is 5.97 Å². The van der Waals surface area contributed by atoms with Gasteiger partial charge in [0.25, 0.3) is 11.8 Å². The standard InChI is InChI=1S/C22H19BrN2O6S2/c1-30-17-10-13(11-18-21(29)25(22(32)33-18)9-8-20(27)28)2-7-16(17)31-12-19(26)24-15-5-3-14(23)4-6-15/h2-7,10-11H,8-9,12H2,1H3,(H,24,26)(H,27,28)/b18-11-. The molecular weight excluding hydrogens is 532 g/mol. The van der Waals surface area contributed by atoms with E-state index >= 15 is 0 Å². The molecule has 1 heterocycles. The average molecular weight is 551 g/mol. The lowest BCUT2D eigenvalue weighted by Gasteiger charge is -2.12. The van der Waals surface area contributed by atoms with E-state index in [1.54, 1.807) is 36.4 Å². The molecule has 1 aliphatic rings. The molecule has 0 aliphatic carbocycles. The topological polar surface area (TPSA) is 105 Å². The van der Waals surface area contributed by atoms with Gasteiger partial charge in [-0.15, -0.1) is 0 Å². The summed E-state index contributed by atoms with van der Waals surface area (Å²) in [6.45, 7) is -0.191. The van der Waals surface area contributed by atoms with Crippen LogP contribution in [0.25, 0.3) is 6.08 Å². The number of carbonyl (C=O) groups is 3. The normalized spacial score (nSPS) is 14.5. The summed E-state index contributed by atoms with van der Waals surface area (Å²) >= 11 is 9.64. The molecule has 2 aromatic rings. The van der Waals surface area contributed by atoms with E-state index in [4.69, 9.17) is 26.8 Å². The van der Waals surface area contributed by atoms with E-state index in [0.29, 0.717) is 32.0 Å². The third kappa shape index (κ3) is 6.80. The number of hydrogen-bond donors (Lipinski definition) is 2. The van der Waals surface area contributed by atoms with E-state index in [1.165, 1.54) is 12.0 Å². The number of hydrogen-bond acceptors (Lipinski definition) is 7. The van der Waals surface area contributed by atoms with E-state index in [2.05, 4.69) is 21.2 Å². The first-order chi connectivity index (χ1) is 15.8. The van der Waals surface area contributed by atoms with Gasteiger partial charge in [0.1, 0.15) is 4.32 Å². The molecule has 2 amide bonds. The number of thiocarbonyl (C=S) groups is 1. The zero-order valence-corrected chi connectivity index (χ0v) is 20.6. The van der Waals surface area contributed by atoms with E-state index in [9.17, 15) is 14.4 Å². The van der Waals surface area contributed by atoms with E-state index in [0.717, 1.165) is 16.2 Å². The van der Waals surface area contributed by atoms with Gasteiger partial charge in [0.15, 0.2) is 18.1 Å². The van der Waals surface area contributed by atoms with Crippen LogP contribution in [0, 0.1) is 0 Å². The van der Waals surface area contributed by atoms with Crippen molar-refractivity contribution in [3.8, 4) is 11.5 Å². The van der Waals surface area contributed by atoms with Gasteiger partial charge in [-0.3, -0.25) is 19.3 Å². The second-order valence-electron chi connectivity index (χ2n) is 6.73. The molecule has 0 bridgehead atoms. The minimum absolute atomic E-state index is 0.0236. The summed E-state index contributed by atoms with van der Waals surface area (Å²) in [5.41, 5.74) is 1.31. The number of halogens is 1. The maximum Gasteiger partial charge on any atom is 0.305 e. The molecule has 0 spiro atoms. The van der Waals surface area contributed by atoms with Crippen molar-refractivity contribution in [2.75, 3.05) is 25.6 Å². The summed E-state index contributed by atoms with van der Waals surface area (Å²) in [5.74, 6) is -0.904. The molecule has 1 aliphatic heterocycles. The Balaban J connectivity index is 1.65. The van der Waals surface area contributed by atoms with Gasteiger partial charge in [-0.1, -0.05) is 46.0 Å². The zero-order chi connectivity index (χ0) is 24.0. The second kappa shape index (κ2) is 11.3. The molecule has 2 N–H and O–H groups in total. The van der Waals surface area contributed by atoms with Gasteiger partial charge < -0.3 is 19.9 Å². The molecule has 1 saturated heterocycles. The molecule has 0 unspecified atom stereocenters. The summed E-state index contributed by atoms with van der Waals surface area (Å²) in [6, 6.07) is 12.2. The first-order valence-electron chi connectivity index (χ1n) is 9.60. The Kier molecular flexibility index (Phi) is 8.48. The maximum absolute atomic E-state index is 12.6. The van der Waals surface area contributed by atoms with Crippen LogP contribution in [0.4, 0.5) is 5.69 Å². The van der Waals surface area contributed by atoms with Gasteiger partial charge in [0.2, 0.25) is 0 Å². The fourth-order valence-corrected chi connectivity index (χ4v) is 4.39. The second-order valence-corrected chi connectivity index (χ2v) is 9.32. The van der Waals surface area contributed by atoms with Crippen LogP contribution in [0.15, 0.2) is 51.8 Å². The molecule has 0 aromatic heterocycles. The number of carbonyl (C=O) groups excluding carboxylic acids is 2. The average Bonchev–Trinajstić information content (AvgIpc) is 3.05. The third-order valence-electron chi connectivity index (χ3n) is 4.40. The van der Waals surface area contributed by atoms with Crippen LogP contribution < -0.4 is 14.8 Å². The summed E-state index contributed by atoms with van der Waals surface area (Å²) in [6.07, 6.45) is 1.46. The number of ether oxygens (including phenoxy) is 2. The number of methoxy groups -OCH3 is 1. The van der Waals surface area contributed by atoms with Gasteiger partial charge in [0, 0.05) is 16.7 Å². The molecule has 3 rings (SSSR count). The van der Waals surface area contributed by atoms with Gasteiger partial charge in [-0.2, -0.15) is 0 Å². The minimum atomic E-state index is -1.00. The molecule has 2 aromatic carbocycles. The van der Waals surface area contributed by atoms with Crippen LogP contribution >= 0.6 is 39.9 Å². The number of amides is 2. The van der Waals surface area contributed by atoms with Gasteiger partial charge in [-0.25, -0.2) is 0 Å². The van der Waals surface area contributed by atoms with Crippen molar-refractivity contribution in [1.29, 1.82) is 0 Å². The van der Waals surface area contributed by atoms with Crippen molar-refractivity contribution >= 4 is 73.8 Å². The predicted molar refractivity (Wildman–Crippen MR) is 133 cm³/mol. The van der Waals surface area contributed by atoms with Crippen LogP contribution in [0.5, 0.6) is 11.5 Å². The quantitative estimate of drug-likeness (QED) is 0.354. The summed E-state index contributed by atoms with van der Waals surface area (Å²) in [7, 11) is 1.47. The Labute approximate surface area is 208 Å². The lowest BCUT2D eigenvalue weighted by Crippen LogP contribution is -2.30. The number of aliphatic carboxylic acids is 1. The fraction of sp³-hybridized carbons (Fsp3) is 0.182. The summed E-state index contributed by atoms with van der Waals surface area (Å²) < 4.78 is 12.2. The molecule has 33 heavy (non-hydrogen) atoms. The number of carboxylic acids is 1. The number of nitrogens with one attached hydrogen (secondary N) is 1. The highest BCUT2D eigenvalue weighted by molar-refractivity contribution is 9.10. The number of benzene rings is 2. The molecule has 0 radical (unpaired) electrons. The van der Waals surface area contributed by atoms with Crippen LogP contribution in [-0.2, 0) is 14.4 Å². The van der Waals surface area contributed by atoms with Crippen molar-refractivity contribution in [2.45, 2.75) is 6.42 Å². The monoisotopic (exact) mass is 550 g/mol. The van der Waals surface area contributed by atoms with E-state index in [1.807, 2.05) is 12.1 Å². The Hall–Kier alpha value is -2.89. The maximum atomic E-state index is 12.6. The van der Waals surface area contributed by atoms with Crippen LogP contribution in [-0.4, -0.2) is 52.4 Å². The molecule has 172 valence electrons. The van der Waals surface area contributed by atoms with Gasteiger partial charge in [0.05, 0.1) is 18.4 Å². The lowest BCUT2D eigenvalue weighted by molar-refractivity contribution is -0.137. The van der Waals surface area contributed by atoms with Crippen LogP contribution in [0.1, 0.15) is 12.0 Å². The highest BCUT2D eigenvalue weighted by Gasteiger charge is 2.32. The highest BCUT2D eigenvalue weighted by Crippen LogP contribution is 2.34. The summed E-state index contributed by atoms with van der Waals surface area (Å²) in [4.78, 5) is 37.2. The van der Waals surface area contributed by atoms with Crippen molar-refractivity contribution in [3.63, 3.8) is 0 Å². The van der Waals surface area contributed by atoms with Crippen molar-refractivity contribution < 1.29 is 29.0 Å². The Morgan fingerprint density at radius 3 is 2.61 bits per heavy atom. The molecule has 1 fully saturated rings. The first-order valence-corrected chi connectivity index (χ1v) is 11.6. The molecule has 11 heteroatoms. The zero-order valence-electron chi connectivity index (χ0n) is 17.4. The Morgan fingerprint density at radius 1 is 1.21 bits per heavy atom. The number of carboxylic acid groups (broad SMARTS) is 1. The molecule has 0 atom stereocenters. The van der Waals surface area contributed by atoms with Gasteiger partial charge in [-0.05, 0) is 48.0 Å². The fourth-order valence-electron chi connectivity index (χ4n) is 2.82. The molecular formula is C22H19BrN2O6S2. The SMILES string of the molecule is COc1cc(/C=C2\SC(=S)N(CCC(=O)O)C2=O)ccc1OCC(=O)Nc1ccc(Br)cc1. The van der Waals surface area contributed by atoms with E-state index in [-0.39, 0.29) is 31.4 Å².